The molecule has 3 amide bonds. The molecule has 20 nitrogen and oxygen atoms in total. The monoisotopic (exact) mass is 962 g/mol. The zero-order valence-corrected chi connectivity index (χ0v) is 43.1. The second-order valence-corrected chi connectivity index (χ2v) is 21.0. The van der Waals surface area contributed by atoms with Crippen LogP contribution < -0.4 is 0 Å². The van der Waals surface area contributed by atoms with Crippen LogP contribution in [0.5, 0.6) is 0 Å². The van der Waals surface area contributed by atoms with E-state index in [9.17, 15) is 28.5 Å². The number of likely N-dealkylation sites (tertiary alicyclic amines) is 3. The van der Waals surface area contributed by atoms with Gasteiger partial charge in [-0.1, -0.05) is 5.92 Å². The minimum Gasteiger partial charge on any atom is -0.444 e. The minimum atomic E-state index is -3.70. The molecular formula is C45H80N5O15P. The molecule has 0 saturated carbocycles. The first kappa shape index (κ1) is 62.1. The number of rotatable bonds is 12. The van der Waals surface area contributed by atoms with Gasteiger partial charge in [0.05, 0.1) is 31.0 Å². The van der Waals surface area contributed by atoms with Gasteiger partial charge in [-0.15, -0.1) is 6.42 Å². The summed E-state index contributed by atoms with van der Waals surface area (Å²) in [4.78, 5) is 64.4. The summed E-state index contributed by atoms with van der Waals surface area (Å²) >= 11 is 0. The van der Waals surface area contributed by atoms with Crippen molar-refractivity contribution in [3.63, 3.8) is 0 Å². The highest BCUT2D eigenvalue weighted by Crippen LogP contribution is 2.47. The van der Waals surface area contributed by atoms with Gasteiger partial charge in [-0.3, -0.25) is 4.79 Å². The molecule has 0 aliphatic carbocycles. The zero-order chi connectivity index (χ0) is 51.1. The molecule has 21 heteroatoms. The molecule has 3 atom stereocenters. The van der Waals surface area contributed by atoms with Crippen molar-refractivity contribution >= 4 is 43.4 Å². The maximum atomic E-state index is 11.8. The molecule has 0 bridgehead atoms. The lowest BCUT2D eigenvalue weighted by atomic mass is 10.1. The molecule has 0 aromatic rings. The van der Waals surface area contributed by atoms with Crippen LogP contribution in [0.4, 0.5) is 14.4 Å². The molecule has 0 spiro atoms. The Bertz CT molecular complexity index is 1630. The highest BCUT2D eigenvalue weighted by molar-refractivity contribution is 7.74. The maximum absolute atomic E-state index is 11.8. The Balaban J connectivity index is 0.000000864. The van der Waals surface area contributed by atoms with E-state index in [1.807, 2.05) is 76.2 Å². The predicted octanol–water partition coefficient (Wildman–Crippen LogP) is 6.89. The molecule has 3 heterocycles. The van der Waals surface area contributed by atoms with Crippen LogP contribution in [0.1, 0.15) is 129 Å². The number of carbonyl (C=O) groups excluding carboxylic acids is 5. The largest absolute Gasteiger partial charge is 0.446 e. The number of piperidine rings is 3. The lowest BCUT2D eigenvalue weighted by molar-refractivity contribution is -0.122. The molecule has 0 aromatic carbocycles. The molecule has 0 radical (unpaired) electrons. The van der Waals surface area contributed by atoms with E-state index in [1.165, 1.54) is 0 Å². The average Bonchev–Trinajstić information content (AvgIpc) is 3.23. The smallest absolute Gasteiger partial charge is 0.444 e. The topological polar surface area (TPSA) is 243 Å². The molecular weight excluding hydrogens is 881 g/mol. The summed E-state index contributed by atoms with van der Waals surface area (Å²) in [5.74, 6) is 1.89. The minimum absolute atomic E-state index is 0.0340. The quantitative estimate of drug-likeness (QED) is 0.0398. The molecule has 3 aliphatic rings. The molecule has 66 heavy (non-hydrogen) atoms. The predicted molar refractivity (Wildman–Crippen MR) is 247 cm³/mol. The average molecular weight is 962 g/mol. The van der Waals surface area contributed by atoms with Gasteiger partial charge in [0.2, 0.25) is 5.78 Å². The third-order valence-electron chi connectivity index (χ3n) is 9.34. The fourth-order valence-electron chi connectivity index (χ4n) is 6.10. The van der Waals surface area contributed by atoms with E-state index in [2.05, 4.69) is 19.8 Å². The summed E-state index contributed by atoms with van der Waals surface area (Å²) in [6.45, 7) is 27.2. The zero-order valence-electron chi connectivity index (χ0n) is 42.2. The Kier molecular flexibility index (Phi) is 28.0. The SMILES string of the molecule is C#C[C@@H](C)OC1CCN(C(=O)OC(C)(C)C)CC1.COP(=O)(OC)C(=[N+]=[N-])C(C)=O.C[C@H](C=O)OC1CCN(C(=O)OC(C)(C)C)CC1.C[C@H](CO)OC1CCN(C(=O)OC(C)(C)C)CC1. The van der Waals surface area contributed by atoms with E-state index in [0.29, 0.717) is 39.3 Å². The number of amides is 3. The lowest BCUT2D eigenvalue weighted by Crippen LogP contribution is -2.44. The standard InChI is InChI=1S/C14H23NO3.C13H25NO4.C13H23NO4.C5H9N2O4P/c1-6-11(2)17-12-7-9-15(10-8-12)13(16)18-14(3,4)5;2*1-10(9-15)17-11-5-7-14(8-6-11)12(16)18-13(2,3)4;1-4(8)5(7-6)12(9,10-2)11-3/h1,11-12H,7-10H2,2-5H3;10-11,15H,5-9H2,1-4H3;9-11H,5-8H2,1-4H3;1-3H3/t11-;2*10-;/m111./s1. The Morgan fingerprint density at radius 2 is 1.02 bits per heavy atom. The van der Waals surface area contributed by atoms with E-state index in [0.717, 1.165) is 66.0 Å². The van der Waals surface area contributed by atoms with Gasteiger partial charge in [0.15, 0.2) is 0 Å². The molecule has 380 valence electrons. The van der Waals surface area contributed by atoms with Crippen molar-refractivity contribution < 1.29 is 75.9 Å². The molecule has 1 N–H and O–H groups in total. The van der Waals surface area contributed by atoms with Crippen molar-refractivity contribution in [1.82, 2.24) is 14.7 Å². The number of nitrogens with zero attached hydrogens (tertiary/aromatic N) is 5. The van der Waals surface area contributed by atoms with Crippen LogP contribution >= 0.6 is 7.60 Å². The normalized spacial score (nSPS) is 17.8. The Labute approximate surface area is 393 Å². The first-order valence-electron chi connectivity index (χ1n) is 22.3. The van der Waals surface area contributed by atoms with E-state index in [4.69, 9.17) is 45.5 Å². The number of Topliss-reactive ketones (excluding diaryl/α,β-unsaturated/α-hetero) is 1. The highest BCUT2D eigenvalue weighted by Gasteiger charge is 2.42. The molecule has 3 saturated heterocycles. The molecule has 3 aliphatic heterocycles. The van der Waals surface area contributed by atoms with Gasteiger partial charge in [-0.2, -0.15) is 4.79 Å². The molecule has 0 unspecified atom stereocenters. The van der Waals surface area contributed by atoms with Crippen LogP contribution in [0.25, 0.3) is 5.53 Å². The third kappa shape index (κ3) is 26.4. The lowest BCUT2D eigenvalue weighted by Gasteiger charge is -2.34. The number of ether oxygens (including phenoxy) is 6. The van der Waals surface area contributed by atoms with Crippen molar-refractivity contribution in [2.24, 2.45) is 0 Å². The summed E-state index contributed by atoms with van der Waals surface area (Å²) in [7, 11) is -1.51. The Morgan fingerprint density at radius 1 is 0.697 bits per heavy atom. The van der Waals surface area contributed by atoms with E-state index >= 15 is 0 Å². The van der Waals surface area contributed by atoms with Crippen molar-refractivity contribution in [1.29, 1.82) is 0 Å². The molecule has 3 fully saturated rings. The van der Waals surface area contributed by atoms with Crippen molar-refractivity contribution in [3.8, 4) is 12.3 Å². The Hall–Kier alpha value is -3.92. The summed E-state index contributed by atoms with van der Waals surface area (Å²) in [6.07, 6.45) is 9.67. The van der Waals surface area contributed by atoms with Gasteiger partial charge in [-0.05, 0) is 122 Å². The highest BCUT2D eigenvalue weighted by atomic mass is 31.2. The Morgan fingerprint density at radius 3 is 1.24 bits per heavy atom. The van der Waals surface area contributed by atoms with Gasteiger partial charge in [0.1, 0.15) is 35.3 Å². The van der Waals surface area contributed by atoms with E-state index in [-0.39, 0.29) is 61.5 Å². The summed E-state index contributed by atoms with van der Waals surface area (Å²) < 4.78 is 53.0. The van der Waals surface area contributed by atoms with Crippen molar-refractivity contribution in [3.05, 3.63) is 5.53 Å². The second kappa shape index (κ2) is 29.8. The van der Waals surface area contributed by atoms with Crippen LogP contribution in [0.3, 0.4) is 0 Å². The maximum Gasteiger partial charge on any atom is 0.446 e. The number of aliphatic hydroxyl groups excluding tert-OH is 1. The number of aldehydes is 1. The summed E-state index contributed by atoms with van der Waals surface area (Å²) in [5, 5.41) is 8.92. The van der Waals surface area contributed by atoms with E-state index < -0.39 is 35.6 Å². The molecule has 3 rings (SSSR count). The number of carbonyl (C=O) groups is 5. The van der Waals surface area contributed by atoms with Gasteiger partial charge < -0.3 is 67.6 Å². The number of aliphatic hydroxyl groups is 1. The number of hydrogen-bond donors (Lipinski definition) is 1. The number of ketones is 1. The summed E-state index contributed by atoms with van der Waals surface area (Å²) in [6, 6.07) is 0. The van der Waals surface area contributed by atoms with Crippen LogP contribution in [0.2, 0.25) is 0 Å². The third-order valence-corrected chi connectivity index (χ3v) is 11.2. The second-order valence-electron chi connectivity index (χ2n) is 18.9. The summed E-state index contributed by atoms with van der Waals surface area (Å²) in [5.41, 5.74) is 6.37. The van der Waals surface area contributed by atoms with Gasteiger partial charge in [0, 0.05) is 60.4 Å². The van der Waals surface area contributed by atoms with Gasteiger partial charge >= 0.3 is 31.3 Å². The van der Waals surface area contributed by atoms with Crippen molar-refractivity contribution in [2.45, 2.75) is 182 Å². The van der Waals surface area contributed by atoms with Crippen LogP contribution in [0, 0.1) is 12.3 Å². The fourth-order valence-corrected chi connectivity index (χ4v) is 7.09. The number of hydrogen-bond acceptors (Lipinski definition) is 15. The van der Waals surface area contributed by atoms with Gasteiger partial charge in [0.25, 0.3) is 0 Å². The van der Waals surface area contributed by atoms with Crippen LogP contribution in [0.15, 0.2) is 0 Å². The fraction of sp³-hybridized carbons (Fsp3) is 0.822. The van der Waals surface area contributed by atoms with E-state index in [1.54, 1.807) is 21.6 Å². The van der Waals surface area contributed by atoms with Gasteiger partial charge in [-0.25, -0.2) is 18.9 Å². The number of terminal acetylenes is 1. The van der Waals surface area contributed by atoms with Crippen LogP contribution in [-0.4, -0.2) is 174 Å². The molecule has 0 aromatic heterocycles. The van der Waals surface area contributed by atoms with Crippen LogP contribution in [-0.2, 0) is 51.6 Å². The van der Waals surface area contributed by atoms with Crippen molar-refractivity contribution in [2.75, 3.05) is 60.1 Å². The first-order valence-corrected chi connectivity index (χ1v) is 23.9. The first-order chi connectivity index (χ1) is 30.5.